The van der Waals surface area contributed by atoms with Crippen LogP contribution in [0.1, 0.15) is 48.9 Å². The highest BCUT2D eigenvalue weighted by Crippen LogP contribution is 2.37. The van der Waals surface area contributed by atoms with Crippen molar-refractivity contribution < 1.29 is 13.9 Å². The highest BCUT2D eigenvalue weighted by Gasteiger charge is 2.23. The van der Waals surface area contributed by atoms with Gasteiger partial charge in [0, 0.05) is 35.7 Å². The van der Waals surface area contributed by atoms with Crippen molar-refractivity contribution in [2.24, 2.45) is 5.92 Å². The summed E-state index contributed by atoms with van der Waals surface area (Å²) in [4.78, 5) is 15.1. The number of furan rings is 1. The van der Waals surface area contributed by atoms with Crippen LogP contribution in [0.2, 0.25) is 0 Å². The van der Waals surface area contributed by atoms with Crippen LogP contribution in [-0.2, 0) is 11.2 Å². The third-order valence-electron chi connectivity index (χ3n) is 6.58. The summed E-state index contributed by atoms with van der Waals surface area (Å²) in [5, 5.41) is 1.07. The number of carbonyl (C=O) groups excluding carboxylic acids is 1. The van der Waals surface area contributed by atoms with Crippen LogP contribution in [0.4, 0.5) is 0 Å². The third kappa shape index (κ3) is 4.59. The van der Waals surface area contributed by atoms with E-state index in [9.17, 15) is 4.79 Å². The van der Waals surface area contributed by atoms with Gasteiger partial charge in [-0.2, -0.15) is 0 Å². The molecule has 0 spiro atoms. The molecule has 0 saturated carbocycles. The molecule has 2 heterocycles. The second-order valence-corrected chi connectivity index (χ2v) is 8.89. The average molecular weight is 432 g/mol. The molecule has 2 aromatic carbocycles. The summed E-state index contributed by atoms with van der Waals surface area (Å²) in [6, 6.07) is 12.7. The number of fused-ring (bicyclic) bond motifs is 1. The molecule has 0 aliphatic carbocycles. The van der Waals surface area contributed by atoms with E-state index in [2.05, 4.69) is 36.4 Å². The molecule has 1 aromatic heterocycles. The van der Waals surface area contributed by atoms with Crippen molar-refractivity contribution >= 4 is 22.4 Å². The van der Waals surface area contributed by atoms with Gasteiger partial charge < -0.3 is 14.1 Å². The standard InChI is InChI=1S/C28H33NO3/c1-5-31-27-21(4)28-25(20(3)18-32-28)17-24(27)19(2)15-26(30)29-13-11-23(12-14-29)16-22-9-7-6-8-10-22/h6-10,15,17-18,23H,5,11-14,16H2,1-4H3/b19-15+. The molecule has 1 saturated heterocycles. The van der Waals surface area contributed by atoms with Gasteiger partial charge in [-0.1, -0.05) is 30.3 Å². The van der Waals surface area contributed by atoms with E-state index in [1.165, 1.54) is 5.56 Å². The van der Waals surface area contributed by atoms with Crippen LogP contribution in [0, 0.1) is 19.8 Å². The van der Waals surface area contributed by atoms with E-state index in [1.807, 2.05) is 32.6 Å². The molecule has 0 atom stereocenters. The summed E-state index contributed by atoms with van der Waals surface area (Å²) in [6.45, 7) is 10.2. The number of aryl methyl sites for hydroxylation is 2. The molecule has 32 heavy (non-hydrogen) atoms. The maximum atomic E-state index is 13.1. The zero-order valence-electron chi connectivity index (χ0n) is 19.6. The fraction of sp³-hybridized carbons (Fsp3) is 0.393. The van der Waals surface area contributed by atoms with Crippen LogP contribution in [-0.4, -0.2) is 30.5 Å². The molecule has 1 fully saturated rings. The molecule has 0 radical (unpaired) electrons. The summed E-state index contributed by atoms with van der Waals surface area (Å²) in [5.41, 5.74) is 6.21. The van der Waals surface area contributed by atoms with Gasteiger partial charge in [0.15, 0.2) is 0 Å². The Hall–Kier alpha value is -3.01. The highest BCUT2D eigenvalue weighted by atomic mass is 16.5. The number of rotatable bonds is 6. The van der Waals surface area contributed by atoms with Crippen LogP contribution in [0.25, 0.3) is 16.5 Å². The van der Waals surface area contributed by atoms with Gasteiger partial charge in [-0.3, -0.25) is 4.79 Å². The number of hydrogen-bond acceptors (Lipinski definition) is 3. The lowest BCUT2D eigenvalue weighted by Crippen LogP contribution is -2.38. The average Bonchev–Trinajstić information content (AvgIpc) is 3.17. The Bertz CT molecular complexity index is 1120. The van der Waals surface area contributed by atoms with E-state index >= 15 is 0 Å². The van der Waals surface area contributed by atoms with E-state index in [0.29, 0.717) is 12.5 Å². The minimum atomic E-state index is 0.0878. The van der Waals surface area contributed by atoms with E-state index in [0.717, 1.165) is 71.3 Å². The first-order valence-electron chi connectivity index (χ1n) is 11.6. The minimum Gasteiger partial charge on any atom is -0.493 e. The molecule has 168 valence electrons. The summed E-state index contributed by atoms with van der Waals surface area (Å²) in [6.07, 6.45) is 6.75. The van der Waals surface area contributed by atoms with Gasteiger partial charge in [0.1, 0.15) is 11.3 Å². The molecular formula is C28H33NO3. The number of ether oxygens (including phenoxy) is 1. The number of allylic oxidation sites excluding steroid dienone is 1. The van der Waals surface area contributed by atoms with Crippen molar-refractivity contribution in [3.8, 4) is 5.75 Å². The van der Waals surface area contributed by atoms with Gasteiger partial charge in [0.25, 0.3) is 0 Å². The number of hydrogen-bond donors (Lipinski definition) is 0. The van der Waals surface area contributed by atoms with E-state index < -0.39 is 0 Å². The Kier molecular flexibility index (Phi) is 6.69. The van der Waals surface area contributed by atoms with Crippen LogP contribution in [0.5, 0.6) is 5.75 Å². The molecule has 1 aliphatic heterocycles. The smallest absolute Gasteiger partial charge is 0.246 e. The largest absolute Gasteiger partial charge is 0.493 e. The van der Waals surface area contributed by atoms with Crippen molar-refractivity contribution in [1.29, 1.82) is 0 Å². The Labute approximate surface area is 190 Å². The lowest BCUT2D eigenvalue weighted by atomic mass is 9.90. The van der Waals surface area contributed by atoms with Gasteiger partial charge >= 0.3 is 0 Å². The molecule has 1 amide bonds. The van der Waals surface area contributed by atoms with Crippen LogP contribution >= 0.6 is 0 Å². The van der Waals surface area contributed by atoms with E-state index in [-0.39, 0.29) is 5.91 Å². The Balaban J connectivity index is 1.49. The highest BCUT2D eigenvalue weighted by molar-refractivity contribution is 5.98. The predicted molar refractivity (Wildman–Crippen MR) is 130 cm³/mol. The summed E-state index contributed by atoms with van der Waals surface area (Å²) in [5.74, 6) is 1.53. The molecule has 4 nitrogen and oxygen atoms in total. The monoisotopic (exact) mass is 431 g/mol. The van der Waals surface area contributed by atoms with Crippen molar-refractivity contribution in [1.82, 2.24) is 4.90 Å². The lowest BCUT2D eigenvalue weighted by Gasteiger charge is -2.31. The van der Waals surface area contributed by atoms with Gasteiger partial charge in [0.05, 0.1) is 12.9 Å². The van der Waals surface area contributed by atoms with Gasteiger partial charge in [-0.15, -0.1) is 0 Å². The van der Waals surface area contributed by atoms with Crippen molar-refractivity contribution in [3.05, 3.63) is 71.0 Å². The summed E-state index contributed by atoms with van der Waals surface area (Å²) < 4.78 is 11.7. The number of nitrogens with zero attached hydrogens (tertiary/aromatic N) is 1. The maximum Gasteiger partial charge on any atom is 0.246 e. The summed E-state index contributed by atoms with van der Waals surface area (Å²) in [7, 11) is 0. The number of likely N-dealkylation sites (tertiary alicyclic amines) is 1. The van der Waals surface area contributed by atoms with Crippen molar-refractivity contribution in [2.75, 3.05) is 19.7 Å². The molecule has 4 rings (SSSR count). The molecule has 0 N–H and O–H groups in total. The quantitative estimate of drug-likeness (QED) is 0.428. The van der Waals surface area contributed by atoms with E-state index in [1.54, 1.807) is 12.3 Å². The SMILES string of the molecule is CCOc1c(/C(C)=C/C(=O)N2CCC(Cc3ccccc3)CC2)cc2c(C)coc2c1C. The molecule has 0 bridgehead atoms. The second-order valence-electron chi connectivity index (χ2n) is 8.89. The van der Waals surface area contributed by atoms with E-state index in [4.69, 9.17) is 9.15 Å². The van der Waals surface area contributed by atoms with Crippen LogP contribution in [0.3, 0.4) is 0 Å². The molecule has 4 heteroatoms. The molecular weight excluding hydrogens is 398 g/mol. The Morgan fingerprint density at radius 1 is 1.19 bits per heavy atom. The van der Waals surface area contributed by atoms with Gasteiger partial charge in [-0.05, 0) is 75.6 Å². The molecule has 3 aromatic rings. The number of carbonyl (C=O) groups is 1. The summed E-state index contributed by atoms with van der Waals surface area (Å²) >= 11 is 0. The zero-order valence-corrected chi connectivity index (χ0v) is 19.6. The number of piperidine rings is 1. The van der Waals surface area contributed by atoms with Crippen LogP contribution < -0.4 is 4.74 Å². The van der Waals surface area contributed by atoms with Crippen LogP contribution in [0.15, 0.2) is 53.2 Å². The molecule has 0 unspecified atom stereocenters. The maximum absolute atomic E-state index is 13.1. The normalized spacial score (nSPS) is 15.4. The first-order chi connectivity index (χ1) is 15.5. The fourth-order valence-corrected chi connectivity index (χ4v) is 4.72. The Morgan fingerprint density at radius 3 is 2.59 bits per heavy atom. The predicted octanol–water partition coefficient (Wildman–Crippen LogP) is 6.33. The Morgan fingerprint density at radius 2 is 1.91 bits per heavy atom. The third-order valence-corrected chi connectivity index (χ3v) is 6.58. The fourth-order valence-electron chi connectivity index (χ4n) is 4.72. The number of amides is 1. The topological polar surface area (TPSA) is 42.7 Å². The molecule has 1 aliphatic rings. The van der Waals surface area contributed by atoms with Crippen molar-refractivity contribution in [3.63, 3.8) is 0 Å². The van der Waals surface area contributed by atoms with Crippen molar-refractivity contribution in [2.45, 2.75) is 47.0 Å². The first-order valence-corrected chi connectivity index (χ1v) is 11.6. The van der Waals surface area contributed by atoms with Gasteiger partial charge in [0.2, 0.25) is 5.91 Å². The number of benzene rings is 2. The second kappa shape index (κ2) is 9.64. The zero-order chi connectivity index (χ0) is 22.7. The first kappa shape index (κ1) is 22.2. The minimum absolute atomic E-state index is 0.0878. The van der Waals surface area contributed by atoms with Gasteiger partial charge in [-0.25, -0.2) is 0 Å². The lowest BCUT2D eigenvalue weighted by molar-refractivity contribution is -0.127.